The highest BCUT2D eigenvalue weighted by atomic mass is 16.2. The minimum atomic E-state index is -0.527. The van der Waals surface area contributed by atoms with E-state index in [1.54, 1.807) is 0 Å². The summed E-state index contributed by atoms with van der Waals surface area (Å²) in [4.78, 5) is 14.2. The molecule has 0 bridgehead atoms. The number of nitrogens with zero attached hydrogens (tertiary/aromatic N) is 1. The molecule has 0 aromatic heterocycles. The van der Waals surface area contributed by atoms with Crippen molar-refractivity contribution < 1.29 is 4.79 Å². The van der Waals surface area contributed by atoms with Crippen molar-refractivity contribution in [3.8, 4) is 0 Å². The summed E-state index contributed by atoms with van der Waals surface area (Å²) < 4.78 is 0. The van der Waals surface area contributed by atoms with E-state index in [0.717, 1.165) is 50.0 Å². The van der Waals surface area contributed by atoms with E-state index in [0.29, 0.717) is 5.92 Å². The van der Waals surface area contributed by atoms with Crippen LogP contribution in [0.3, 0.4) is 0 Å². The summed E-state index contributed by atoms with van der Waals surface area (Å²) in [6.45, 7) is 5.83. The van der Waals surface area contributed by atoms with Crippen molar-refractivity contribution in [2.45, 2.75) is 51.0 Å². The van der Waals surface area contributed by atoms with Gasteiger partial charge < -0.3 is 16.4 Å². The molecule has 0 unspecified atom stereocenters. The Morgan fingerprint density at radius 1 is 1.19 bits per heavy atom. The zero-order valence-corrected chi connectivity index (χ0v) is 13.0. The lowest BCUT2D eigenvalue weighted by molar-refractivity contribution is -0.134. The average Bonchev–Trinajstić information content (AvgIpc) is 3.21. The molecule has 4 N–H and O–H groups in total. The van der Waals surface area contributed by atoms with Crippen molar-refractivity contribution in [2.75, 3.05) is 18.8 Å². The van der Waals surface area contributed by atoms with Gasteiger partial charge in [-0.15, -0.1) is 0 Å². The number of nitrogen functional groups attached to an aromatic ring is 1. The first kappa shape index (κ1) is 14.4. The Morgan fingerprint density at radius 3 is 2.38 bits per heavy atom. The predicted molar refractivity (Wildman–Crippen MR) is 85.0 cm³/mol. The molecule has 1 saturated carbocycles. The smallest absolute Gasteiger partial charge is 0.242 e. The van der Waals surface area contributed by atoms with E-state index < -0.39 is 5.54 Å². The van der Waals surface area contributed by atoms with Crippen LogP contribution in [0, 0.1) is 13.8 Å². The molecule has 3 rings (SSSR count). The molecule has 0 atom stereocenters. The van der Waals surface area contributed by atoms with Gasteiger partial charge in [-0.25, -0.2) is 0 Å². The molecule has 4 heteroatoms. The van der Waals surface area contributed by atoms with Crippen LogP contribution < -0.4 is 11.5 Å². The number of hydrogen-bond donors (Lipinski definition) is 2. The highest BCUT2D eigenvalue weighted by molar-refractivity contribution is 5.89. The average molecular weight is 287 g/mol. The maximum atomic E-state index is 12.3. The molecule has 0 spiro atoms. The van der Waals surface area contributed by atoms with Crippen LogP contribution in [-0.2, 0) is 4.79 Å². The number of benzene rings is 1. The SMILES string of the molecule is Cc1cc(C2CCN(C(=O)C3(N)CC3)CC2)c(C)cc1N. The van der Waals surface area contributed by atoms with Crippen LogP contribution in [0.1, 0.15) is 48.3 Å². The number of aryl methyl sites for hydroxylation is 2. The second-order valence-corrected chi connectivity index (χ2v) is 6.79. The van der Waals surface area contributed by atoms with Crippen LogP contribution in [0.15, 0.2) is 12.1 Å². The Balaban J connectivity index is 1.68. The Morgan fingerprint density at radius 2 is 1.81 bits per heavy atom. The van der Waals surface area contributed by atoms with E-state index in [4.69, 9.17) is 11.5 Å². The van der Waals surface area contributed by atoms with Gasteiger partial charge in [0, 0.05) is 18.8 Å². The molecule has 1 aromatic rings. The molecular weight excluding hydrogens is 262 g/mol. The zero-order chi connectivity index (χ0) is 15.2. The first-order valence-electron chi connectivity index (χ1n) is 7.85. The van der Waals surface area contributed by atoms with Crippen molar-refractivity contribution in [2.24, 2.45) is 5.73 Å². The van der Waals surface area contributed by atoms with Crippen LogP contribution in [0.2, 0.25) is 0 Å². The first-order chi connectivity index (χ1) is 9.90. The standard InChI is InChI=1S/C17H25N3O/c1-11-10-15(18)12(2)9-14(11)13-3-7-20(8-4-13)16(21)17(19)5-6-17/h9-10,13H,3-8,18-19H2,1-2H3. The minimum absolute atomic E-state index is 0.158. The van der Waals surface area contributed by atoms with E-state index in [1.165, 1.54) is 11.1 Å². The maximum absolute atomic E-state index is 12.3. The molecule has 4 nitrogen and oxygen atoms in total. The quantitative estimate of drug-likeness (QED) is 0.818. The lowest BCUT2D eigenvalue weighted by Gasteiger charge is -2.34. The summed E-state index contributed by atoms with van der Waals surface area (Å²) >= 11 is 0. The summed E-state index contributed by atoms with van der Waals surface area (Å²) in [5.74, 6) is 0.687. The van der Waals surface area contributed by atoms with Gasteiger partial charge in [-0.1, -0.05) is 6.07 Å². The monoisotopic (exact) mass is 287 g/mol. The topological polar surface area (TPSA) is 72.3 Å². The Hall–Kier alpha value is -1.55. The third-order valence-corrected chi connectivity index (χ3v) is 5.09. The molecule has 2 aliphatic rings. The zero-order valence-electron chi connectivity index (χ0n) is 13.0. The first-order valence-corrected chi connectivity index (χ1v) is 7.85. The molecule has 2 fully saturated rings. The van der Waals surface area contributed by atoms with Gasteiger partial charge in [-0.2, -0.15) is 0 Å². The predicted octanol–water partition coefficient (Wildman–Crippen LogP) is 2.08. The second kappa shape index (κ2) is 5.02. The molecular formula is C17H25N3O. The summed E-state index contributed by atoms with van der Waals surface area (Å²) in [5, 5.41) is 0. The molecule has 1 amide bonds. The summed E-state index contributed by atoms with van der Waals surface area (Å²) in [5.41, 5.74) is 16.1. The fraction of sp³-hybridized carbons (Fsp3) is 0.588. The van der Waals surface area contributed by atoms with E-state index in [1.807, 2.05) is 4.90 Å². The molecule has 114 valence electrons. The van der Waals surface area contributed by atoms with Crippen LogP contribution >= 0.6 is 0 Å². The largest absolute Gasteiger partial charge is 0.399 e. The number of rotatable bonds is 2. The van der Waals surface area contributed by atoms with Crippen molar-refractivity contribution >= 4 is 11.6 Å². The fourth-order valence-electron chi connectivity index (χ4n) is 3.36. The highest BCUT2D eigenvalue weighted by Gasteiger charge is 2.48. The Labute approximate surface area is 126 Å². The molecule has 1 aliphatic carbocycles. The van der Waals surface area contributed by atoms with Gasteiger partial charge in [0.05, 0.1) is 5.54 Å². The molecule has 1 heterocycles. The van der Waals surface area contributed by atoms with Gasteiger partial charge in [0.1, 0.15) is 0 Å². The Bertz CT molecular complexity index is 570. The van der Waals surface area contributed by atoms with Crippen molar-refractivity contribution in [1.29, 1.82) is 0 Å². The molecule has 1 aromatic carbocycles. The molecule has 1 aliphatic heterocycles. The number of carbonyl (C=O) groups excluding carboxylic acids is 1. The Kier molecular flexibility index (Phi) is 3.44. The molecule has 1 saturated heterocycles. The number of likely N-dealkylation sites (tertiary alicyclic amines) is 1. The normalized spacial score (nSPS) is 21.4. The van der Waals surface area contributed by atoms with Crippen molar-refractivity contribution in [3.63, 3.8) is 0 Å². The summed E-state index contributed by atoms with van der Waals surface area (Å²) in [7, 11) is 0. The number of nitrogens with two attached hydrogens (primary N) is 2. The van der Waals surface area contributed by atoms with E-state index in [9.17, 15) is 4.79 Å². The van der Waals surface area contributed by atoms with Crippen LogP contribution in [0.25, 0.3) is 0 Å². The lowest BCUT2D eigenvalue weighted by atomic mass is 9.85. The number of amides is 1. The third-order valence-electron chi connectivity index (χ3n) is 5.09. The van der Waals surface area contributed by atoms with E-state index >= 15 is 0 Å². The van der Waals surface area contributed by atoms with Crippen molar-refractivity contribution in [3.05, 3.63) is 28.8 Å². The third kappa shape index (κ3) is 2.64. The number of carbonyl (C=O) groups is 1. The van der Waals surface area contributed by atoms with Crippen LogP contribution in [0.5, 0.6) is 0 Å². The van der Waals surface area contributed by atoms with Crippen LogP contribution in [-0.4, -0.2) is 29.4 Å². The number of hydrogen-bond acceptors (Lipinski definition) is 3. The van der Waals surface area contributed by atoms with Gasteiger partial charge in [0.25, 0.3) is 0 Å². The molecule has 0 radical (unpaired) electrons. The van der Waals surface area contributed by atoms with Gasteiger partial charge in [0.15, 0.2) is 0 Å². The van der Waals surface area contributed by atoms with E-state index in [2.05, 4.69) is 26.0 Å². The van der Waals surface area contributed by atoms with Gasteiger partial charge in [0.2, 0.25) is 5.91 Å². The maximum Gasteiger partial charge on any atom is 0.242 e. The second-order valence-electron chi connectivity index (χ2n) is 6.79. The van der Waals surface area contributed by atoms with Gasteiger partial charge in [-0.3, -0.25) is 4.79 Å². The minimum Gasteiger partial charge on any atom is -0.399 e. The highest BCUT2D eigenvalue weighted by Crippen LogP contribution is 2.37. The fourth-order valence-corrected chi connectivity index (χ4v) is 3.36. The van der Waals surface area contributed by atoms with Gasteiger partial charge >= 0.3 is 0 Å². The van der Waals surface area contributed by atoms with Crippen molar-refractivity contribution in [1.82, 2.24) is 4.90 Å². The molecule has 21 heavy (non-hydrogen) atoms. The number of piperidine rings is 1. The lowest BCUT2D eigenvalue weighted by Crippen LogP contribution is -2.48. The number of anilines is 1. The van der Waals surface area contributed by atoms with Gasteiger partial charge in [-0.05, 0) is 68.2 Å². The van der Waals surface area contributed by atoms with Crippen LogP contribution in [0.4, 0.5) is 5.69 Å². The summed E-state index contributed by atoms with van der Waals surface area (Å²) in [6.07, 6.45) is 3.74. The van der Waals surface area contributed by atoms with E-state index in [-0.39, 0.29) is 5.91 Å². The summed E-state index contributed by atoms with van der Waals surface area (Å²) in [6, 6.07) is 4.29.